The maximum Gasteiger partial charge on any atom is 0.330 e. The molecule has 0 aliphatic rings. The number of hydrogen-bond acceptors (Lipinski definition) is 6. The lowest BCUT2D eigenvalue weighted by Crippen LogP contribution is -2.41. The second kappa shape index (κ2) is 10.1. The number of rotatable bonds is 8. The van der Waals surface area contributed by atoms with Crippen LogP contribution in [0.4, 0.5) is 11.5 Å². The maximum atomic E-state index is 13.5. The minimum atomic E-state index is -0.721. The van der Waals surface area contributed by atoms with E-state index in [9.17, 15) is 14.4 Å². The summed E-state index contributed by atoms with van der Waals surface area (Å²) in [5.41, 5.74) is 6.00. The number of anilines is 2. The number of methoxy groups -OCH3 is 1. The molecule has 31 heavy (non-hydrogen) atoms. The molecule has 1 amide bonds. The Balaban J connectivity index is 2.13. The summed E-state index contributed by atoms with van der Waals surface area (Å²) in [6, 6.07) is 16.3. The summed E-state index contributed by atoms with van der Waals surface area (Å²) >= 11 is 1.56. The minimum absolute atomic E-state index is 0.0708. The van der Waals surface area contributed by atoms with Crippen LogP contribution in [-0.4, -0.2) is 35.4 Å². The first-order valence-corrected chi connectivity index (χ1v) is 10.8. The van der Waals surface area contributed by atoms with Crippen LogP contribution >= 0.6 is 11.8 Å². The Hall–Kier alpha value is -3.30. The molecule has 0 radical (unpaired) electrons. The maximum absolute atomic E-state index is 13.5. The van der Waals surface area contributed by atoms with Crippen LogP contribution in [0.1, 0.15) is 15.9 Å². The van der Waals surface area contributed by atoms with Crippen molar-refractivity contribution in [2.75, 3.05) is 30.6 Å². The first-order chi connectivity index (χ1) is 15.0. The van der Waals surface area contributed by atoms with Gasteiger partial charge in [0.2, 0.25) is 0 Å². The molecule has 0 bridgehead atoms. The van der Waals surface area contributed by atoms with Crippen molar-refractivity contribution in [1.29, 1.82) is 0 Å². The van der Waals surface area contributed by atoms with Crippen molar-refractivity contribution in [3.63, 3.8) is 0 Å². The third kappa shape index (κ3) is 5.07. The Kier molecular flexibility index (Phi) is 7.32. The van der Waals surface area contributed by atoms with E-state index in [1.807, 2.05) is 48.7 Å². The Morgan fingerprint density at radius 1 is 1.13 bits per heavy atom. The Morgan fingerprint density at radius 3 is 2.42 bits per heavy atom. The number of H-pyrrole nitrogens is 1. The number of nitrogens with one attached hydrogen (secondary N) is 1. The van der Waals surface area contributed by atoms with Gasteiger partial charge in [0, 0.05) is 17.6 Å². The van der Waals surface area contributed by atoms with E-state index in [1.54, 1.807) is 23.9 Å². The van der Waals surface area contributed by atoms with E-state index in [-0.39, 0.29) is 31.2 Å². The Bertz CT molecular complexity index is 1160. The van der Waals surface area contributed by atoms with Gasteiger partial charge in [-0.25, -0.2) is 4.79 Å². The summed E-state index contributed by atoms with van der Waals surface area (Å²) in [5, 5.41) is 0. The van der Waals surface area contributed by atoms with Gasteiger partial charge < -0.3 is 10.5 Å². The fourth-order valence-electron chi connectivity index (χ4n) is 3.15. The van der Waals surface area contributed by atoms with Crippen LogP contribution in [0.25, 0.3) is 0 Å². The van der Waals surface area contributed by atoms with Gasteiger partial charge >= 0.3 is 5.69 Å². The number of nitrogen functional groups attached to an aromatic ring is 1. The van der Waals surface area contributed by atoms with Gasteiger partial charge in [-0.15, -0.1) is 11.8 Å². The lowest BCUT2D eigenvalue weighted by molar-refractivity contribution is 0.0984. The molecule has 0 saturated carbocycles. The zero-order valence-electron chi connectivity index (χ0n) is 17.3. The van der Waals surface area contributed by atoms with Crippen molar-refractivity contribution < 1.29 is 9.53 Å². The molecule has 0 spiro atoms. The summed E-state index contributed by atoms with van der Waals surface area (Å²) in [5.74, 6) is -0.485. The molecule has 3 aromatic rings. The smallest absolute Gasteiger partial charge is 0.330 e. The third-order valence-electron chi connectivity index (χ3n) is 4.77. The molecule has 0 aliphatic carbocycles. The van der Waals surface area contributed by atoms with Crippen molar-refractivity contribution >= 4 is 29.2 Å². The molecule has 8 nitrogen and oxygen atoms in total. The molecule has 1 aromatic heterocycles. The van der Waals surface area contributed by atoms with Crippen molar-refractivity contribution in [3.05, 3.63) is 86.6 Å². The lowest BCUT2D eigenvalue weighted by atomic mass is 10.1. The number of amides is 1. The van der Waals surface area contributed by atoms with Crippen LogP contribution in [0.2, 0.25) is 0 Å². The van der Waals surface area contributed by atoms with Gasteiger partial charge in [0.15, 0.2) is 5.69 Å². The number of nitrogens with zero attached hydrogens (tertiary/aromatic N) is 2. The number of hydrogen-bond donors (Lipinski definition) is 2. The molecular formula is C22H24N4O4S. The normalized spacial score (nSPS) is 10.8. The van der Waals surface area contributed by atoms with Crippen molar-refractivity contribution in [2.45, 2.75) is 18.0 Å². The summed E-state index contributed by atoms with van der Waals surface area (Å²) in [4.78, 5) is 43.1. The van der Waals surface area contributed by atoms with Gasteiger partial charge in [-0.05, 0) is 36.1 Å². The highest BCUT2D eigenvalue weighted by atomic mass is 32.2. The molecule has 3 N–H and O–H groups in total. The molecule has 0 unspecified atom stereocenters. The fraction of sp³-hybridized carbons (Fsp3) is 0.227. The molecule has 1 heterocycles. The van der Waals surface area contributed by atoms with E-state index < -0.39 is 17.2 Å². The summed E-state index contributed by atoms with van der Waals surface area (Å²) < 4.78 is 6.23. The van der Waals surface area contributed by atoms with Crippen LogP contribution < -0.4 is 21.9 Å². The highest BCUT2D eigenvalue weighted by Gasteiger charge is 2.25. The SMILES string of the molecule is COCCn1c(N)c(N(Cc2ccccc2)C(=O)c2ccc(SC)cc2)c(=O)[nH]c1=O. The predicted octanol–water partition coefficient (Wildman–Crippen LogP) is 2.33. The van der Waals surface area contributed by atoms with E-state index >= 15 is 0 Å². The van der Waals surface area contributed by atoms with Gasteiger partial charge in [-0.1, -0.05) is 30.3 Å². The second-order valence-corrected chi connectivity index (χ2v) is 7.62. The zero-order chi connectivity index (χ0) is 22.4. The standard InChI is InChI=1S/C22H24N4O4S/c1-30-13-12-25-19(23)18(20(27)24-22(25)29)26(14-15-6-4-3-5-7-15)21(28)16-8-10-17(31-2)11-9-16/h3-11H,12-14,23H2,1-2H3,(H,24,27,29). The number of carbonyl (C=O) groups excluding carboxylic acids is 1. The van der Waals surface area contributed by atoms with Crippen molar-refractivity contribution in [3.8, 4) is 0 Å². The Labute approximate surface area is 183 Å². The third-order valence-corrected chi connectivity index (χ3v) is 5.51. The summed E-state index contributed by atoms with van der Waals surface area (Å²) in [7, 11) is 1.50. The molecule has 0 aliphatic heterocycles. The van der Waals surface area contributed by atoms with Gasteiger partial charge in [0.25, 0.3) is 11.5 Å². The van der Waals surface area contributed by atoms with E-state index in [0.717, 1.165) is 10.5 Å². The molecule has 0 saturated heterocycles. The molecule has 0 fully saturated rings. The van der Waals surface area contributed by atoms with Crippen LogP contribution in [-0.2, 0) is 17.8 Å². The second-order valence-electron chi connectivity index (χ2n) is 6.74. The number of aromatic nitrogens is 2. The largest absolute Gasteiger partial charge is 0.383 e. The molecule has 162 valence electrons. The Morgan fingerprint density at radius 2 is 1.81 bits per heavy atom. The highest BCUT2D eigenvalue weighted by Crippen LogP contribution is 2.23. The van der Waals surface area contributed by atoms with E-state index in [1.165, 1.54) is 16.6 Å². The molecule has 0 atom stereocenters. The van der Waals surface area contributed by atoms with E-state index in [4.69, 9.17) is 10.5 Å². The van der Waals surface area contributed by atoms with E-state index in [2.05, 4.69) is 4.98 Å². The summed E-state index contributed by atoms with van der Waals surface area (Å²) in [6.07, 6.45) is 1.95. The predicted molar refractivity (Wildman–Crippen MR) is 123 cm³/mol. The highest BCUT2D eigenvalue weighted by molar-refractivity contribution is 7.98. The topological polar surface area (TPSA) is 110 Å². The van der Waals surface area contributed by atoms with Crippen molar-refractivity contribution in [1.82, 2.24) is 9.55 Å². The van der Waals surface area contributed by atoms with Gasteiger partial charge in [-0.2, -0.15) is 0 Å². The van der Waals surface area contributed by atoms with Gasteiger partial charge in [0.05, 0.1) is 19.7 Å². The van der Waals surface area contributed by atoms with Crippen LogP contribution in [0, 0.1) is 0 Å². The van der Waals surface area contributed by atoms with Crippen LogP contribution in [0.3, 0.4) is 0 Å². The van der Waals surface area contributed by atoms with Gasteiger partial charge in [-0.3, -0.25) is 24.0 Å². The summed E-state index contributed by atoms with van der Waals surface area (Å²) in [6.45, 7) is 0.471. The molecule has 2 aromatic carbocycles. The fourth-order valence-corrected chi connectivity index (χ4v) is 3.56. The number of carbonyl (C=O) groups is 1. The van der Waals surface area contributed by atoms with Crippen LogP contribution in [0.15, 0.2) is 69.1 Å². The van der Waals surface area contributed by atoms with Gasteiger partial charge in [0.1, 0.15) is 5.82 Å². The zero-order valence-corrected chi connectivity index (χ0v) is 18.1. The monoisotopic (exact) mass is 440 g/mol. The number of aromatic amines is 1. The first kappa shape index (κ1) is 22.4. The van der Waals surface area contributed by atoms with Crippen LogP contribution in [0.5, 0.6) is 0 Å². The first-order valence-electron chi connectivity index (χ1n) is 9.57. The minimum Gasteiger partial charge on any atom is -0.383 e. The van der Waals surface area contributed by atoms with Crippen molar-refractivity contribution in [2.24, 2.45) is 0 Å². The molecule has 9 heteroatoms. The average molecular weight is 441 g/mol. The molecular weight excluding hydrogens is 416 g/mol. The molecule has 3 rings (SSSR count). The lowest BCUT2D eigenvalue weighted by Gasteiger charge is -2.25. The number of ether oxygens (including phenoxy) is 1. The quantitative estimate of drug-likeness (QED) is 0.520. The van der Waals surface area contributed by atoms with E-state index in [0.29, 0.717) is 5.56 Å². The number of thioether (sulfide) groups is 1. The average Bonchev–Trinajstić information content (AvgIpc) is 2.78. The number of benzene rings is 2. The number of nitrogens with two attached hydrogens (primary N) is 1.